The van der Waals surface area contributed by atoms with E-state index >= 15 is 0 Å². The van der Waals surface area contributed by atoms with Crippen LogP contribution in [-0.2, 0) is 9.59 Å². The maximum atomic E-state index is 12.8. The minimum absolute atomic E-state index is 0.169. The van der Waals surface area contributed by atoms with Gasteiger partial charge in [0.15, 0.2) is 4.67 Å². The summed E-state index contributed by atoms with van der Waals surface area (Å²) in [6.45, 7) is 4.20. The number of imide groups is 2. The van der Waals surface area contributed by atoms with E-state index in [4.69, 9.17) is 4.42 Å². The van der Waals surface area contributed by atoms with Gasteiger partial charge in [0, 0.05) is 0 Å². The van der Waals surface area contributed by atoms with Gasteiger partial charge < -0.3 is 4.42 Å². The van der Waals surface area contributed by atoms with E-state index in [1.807, 2.05) is 12.1 Å². The molecule has 134 valence electrons. The Bertz CT molecular complexity index is 899. The van der Waals surface area contributed by atoms with Gasteiger partial charge in [-0.1, -0.05) is 26.0 Å². The number of benzene rings is 1. The third-order valence-electron chi connectivity index (χ3n) is 4.31. The second-order valence-corrected chi connectivity index (χ2v) is 6.78. The number of furan rings is 1. The lowest BCUT2D eigenvalue weighted by molar-refractivity contribution is -0.122. The molecule has 1 saturated heterocycles. The van der Waals surface area contributed by atoms with Gasteiger partial charge >= 0.3 is 6.03 Å². The van der Waals surface area contributed by atoms with E-state index in [9.17, 15) is 14.4 Å². The first-order valence-corrected chi connectivity index (χ1v) is 8.96. The highest BCUT2D eigenvalue weighted by molar-refractivity contribution is 9.10. The van der Waals surface area contributed by atoms with Crippen LogP contribution in [0.15, 0.2) is 51.1 Å². The standard InChI is InChI=1S/C19H17BrN2O4/c1-3-11(2)12-4-6-13(7-5-12)22-18(24)15(17(23)21-19(22)25)10-14-8-9-16(20)26-14/h4-11H,3H2,1-2H3,(H,21,23,25). The Morgan fingerprint density at radius 3 is 2.42 bits per heavy atom. The van der Waals surface area contributed by atoms with Crippen molar-refractivity contribution < 1.29 is 18.8 Å². The Kier molecular flexibility index (Phi) is 5.08. The Labute approximate surface area is 159 Å². The summed E-state index contributed by atoms with van der Waals surface area (Å²) in [6, 6.07) is 9.66. The fourth-order valence-corrected chi connectivity index (χ4v) is 2.95. The van der Waals surface area contributed by atoms with Crippen LogP contribution >= 0.6 is 15.9 Å². The van der Waals surface area contributed by atoms with Crippen molar-refractivity contribution in [3.8, 4) is 0 Å². The average Bonchev–Trinajstić information content (AvgIpc) is 3.03. The monoisotopic (exact) mass is 416 g/mol. The minimum Gasteiger partial charge on any atom is -0.450 e. The lowest BCUT2D eigenvalue weighted by Crippen LogP contribution is -2.54. The fourth-order valence-electron chi connectivity index (χ4n) is 2.63. The van der Waals surface area contributed by atoms with E-state index in [2.05, 4.69) is 35.1 Å². The van der Waals surface area contributed by atoms with Crippen LogP contribution in [0.2, 0.25) is 0 Å². The van der Waals surface area contributed by atoms with E-state index in [-0.39, 0.29) is 5.57 Å². The van der Waals surface area contributed by atoms with E-state index in [1.165, 1.54) is 6.08 Å². The molecule has 1 N–H and O–H groups in total. The number of carbonyl (C=O) groups is 3. The molecular formula is C19H17BrN2O4. The molecule has 7 heteroatoms. The predicted molar refractivity (Wildman–Crippen MR) is 101 cm³/mol. The van der Waals surface area contributed by atoms with Crippen LogP contribution < -0.4 is 10.2 Å². The smallest absolute Gasteiger partial charge is 0.335 e. The normalized spacial score (nSPS) is 17.6. The summed E-state index contributed by atoms with van der Waals surface area (Å²) in [7, 11) is 0. The topological polar surface area (TPSA) is 79.6 Å². The molecule has 0 saturated carbocycles. The zero-order valence-corrected chi connectivity index (χ0v) is 15.9. The molecule has 2 aromatic rings. The van der Waals surface area contributed by atoms with Crippen molar-refractivity contribution in [1.29, 1.82) is 0 Å². The van der Waals surface area contributed by atoms with Gasteiger partial charge in [-0.15, -0.1) is 0 Å². The zero-order valence-electron chi connectivity index (χ0n) is 14.3. The number of urea groups is 1. The van der Waals surface area contributed by atoms with Crippen LogP contribution in [0.4, 0.5) is 10.5 Å². The molecule has 0 aliphatic carbocycles. The van der Waals surface area contributed by atoms with Crippen molar-refractivity contribution in [2.24, 2.45) is 0 Å². The summed E-state index contributed by atoms with van der Waals surface area (Å²) in [5.74, 6) is -0.733. The van der Waals surface area contributed by atoms with Crippen LogP contribution in [0, 0.1) is 0 Å². The third-order valence-corrected chi connectivity index (χ3v) is 4.74. The van der Waals surface area contributed by atoms with Crippen LogP contribution in [0.3, 0.4) is 0 Å². The number of nitrogens with zero attached hydrogens (tertiary/aromatic N) is 1. The number of carbonyl (C=O) groups excluding carboxylic acids is 3. The number of amides is 4. The molecule has 0 spiro atoms. The molecule has 1 aromatic carbocycles. The van der Waals surface area contributed by atoms with E-state index in [0.29, 0.717) is 22.0 Å². The lowest BCUT2D eigenvalue weighted by atomic mass is 9.98. The molecule has 6 nitrogen and oxygen atoms in total. The molecule has 1 aromatic heterocycles. The first-order chi connectivity index (χ1) is 12.4. The summed E-state index contributed by atoms with van der Waals surface area (Å²) in [6.07, 6.45) is 2.30. The number of hydrogen-bond acceptors (Lipinski definition) is 4. The maximum absolute atomic E-state index is 12.8. The van der Waals surface area contributed by atoms with Crippen LogP contribution in [0.25, 0.3) is 6.08 Å². The molecule has 1 aliphatic rings. The average molecular weight is 417 g/mol. The highest BCUT2D eigenvalue weighted by atomic mass is 79.9. The number of anilines is 1. The first kappa shape index (κ1) is 18.1. The molecule has 1 fully saturated rings. The van der Waals surface area contributed by atoms with E-state index in [0.717, 1.165) is 16.9 Å². The van der Waals surface area contributed by atoms with Gasteiger partial charge in [-0.3, -0.25) is 14.9 Å². The van der Waals surface area contributed by atoms with Crippen molar-refractivity contribution in [3.05, 3.63) is 58.0 Å². The highest BCUT2D eigenvalue weighted by Crippen LogP contribution is 2.26. The Morgan fingerprint density at radius 1 is 1.15 bits per heavy atom. The summed E-state index contributed by atoms with van der Waals surface area (Å²) in [5, 5.41) is 2.19. The molecule has 1 aliphatic heterocycles. The molecule has 0 radical (unpaired) electrons. The van der Waals surface area contributed by atoms with Crippen molar-refractivity contribution in [1.82, 2.24) is 5.32 Å². The predicted octanol–water partition coefficient (Wildman–Crippen LogP) is 4.22. The molecule has 26 heavy (non-hydrogen) atoms. The zero-order chi connectivity index (χ0) is 18.8. The third kappa shape index (κ3) is 3.48. The summed E-state index contributed by atoms with van der Waals surface area (Å²) < 4.78 is 5.78. The highest BCUT2D eigenvalue weighted by Gasteiger charge is 2.37. The van der Waals surface area contributed by atoms with Crippen molar-refractivity contribution in [2.45, 2.75) is 26.2 Å². The second-order valence-electron chi connectivity index (χ2n) is 6.00. The second kappa shape index (κ2) is 7.29. The van der Waals surface area contributed by atoms with Gasteiger partial charge in [0.2, 0.25) is 0 Å². The Morgan fingerprint density at radius 2 is 1.85 bits per heavy atom. The SMILES string of the molecule is CCC(C)c1ccc(N2C(=O)NC(=O)C(=Cc3ccc(Br)o3)C2=O)cc1. The van der Waals surface area contributed by atoms with Gasteiger partial charge in [-0.25, -0.2) is 9.69 Å². The van der Waals surface area contributed by atoms with Crippen LogP contribution in [0.5, 0.6) is 0 Å². The Balaban J connectivity index is 1.94. The molecule has 4 amide bonds. The molecule has 1 unspecified atom stereocenters. The van der Waals surface area contributed by atoms with E-state index in [1.54, 1.807) is 24.3 Å². The van der Waals surface area contributed by atoms with E-state index < -0.39 is 17.8 Å². The molecule has 3 rings (SSSR count). The summed E-state index contributed by atoms with van der Waals surface area (Å²) in [5.41, 5.74) is 1.35. The van der Waals surface area contributed by atoms with Gasteiger partial charge in [0.25, 0.3) is 11.8 Å². The Hall–Kier alpha value is -2.67. The lowest BCUT2D eigenvalue weighted by Gasteiger charge is -2.26. The largest absolute Gasteiger partial charge is 0.450 e. The number of halogens is 1. The summed E-state index contributed by atoms with van der Waals surface area (Å²) >= 11 is 3.16. The van der Waals surface area contributed by atoms with Crippen LogP contribution in [-0.4, -0.2) is 17.8 Å². The van der Waals surface area contributed by atoms with Crippen molar-refractivity contribution in [2.75, 3.05) is 4.90 Å². The van der Waals surface area contributed by atoms with Crippen molar-refractivity contribution in [3.63, 3.8) is 0 Å². The van der Waals surface area contributed by atoms with Crippen LogP contribution in [0.1, 0.15) is 37.5 Å². The fraction of sp³-hybridized carbons (Fsp3) is 0.211. The van der Waals surface area contributed by atoms with Gasteiger partial charge in [0.1, 0.15) is 11.3 Å². The maximum Gasteiger partial charge on any atom is 0.335 e. The van der Waals surface area contributed by atoms with Gasteiger partial charge in [-0.05, 0) is 64.2 Å². The first-order valence-electron chi connectivity index (χ1n) is 8.17. The molecule has 0 bridgehead atoms. The van der Waals surface area contributed by atoms with Gasteiger partial charge in [0.05, 0.1) is 5.69 Å². The van der Waals surface area contributed by atoms with Gasteiger partial charge in [-0.2, -0.15) is 0 Å². The number of nitrogens with one attached hydrogen (secondary N) is 1. The summed E-state index contributed by atoms with van der Waals surface area (Å²) in [4.78, 5) is 38.0. The molecular weight excluding hydrogens is 400 g/mol. The quantitative estimate of drug-likeness (QED) is 0.597. The molecule has 1 atom stereocenters. The van der Waals surface area contributed by atoms with Crippen molar-refractivity contribution >= 4 is 45.5 Å². The minimum atomic E-state index is -0.769. The number of rotatable bonds is 4. The number of hydrogen-bond donors (Lipinski definition) is 1. The number of barbiturate groups is 1. The molecule has 2 heterocycles.